The summed E-state index contributed by atoms with van der Waals surface area (Å²) in [6.45, 7) is 1.83. The highest BCUT2D eigenvalue weighted by atomic mass is 79.9. The van der Waals surface area contributed by atoms with Crippen LogP contribution in [0.25, 0.3) is 11.4 Å². The molecule has 1 saturated carbocycles. The maximum atomic E-state index is 14.3. The number of hydrogen-bond donors (Lipinski definition) is 1. The van der Waals surface area contributed by atoms with E-state index in [1.54, 1.807) is 18.2 Å². The molecule has 5 nitrogen and oxygen atoms in total. The molecule has 1 aromatic heterocycles. The average molecular weight is 461 g/mol. The molecule has 1 fully saturated rings. The number of anilines is 1. The summed E-state index contributed by atoms with van der Waals surface area (Å²) in [5.74, 6) is 0.0723. The second kappa shape index (κ2) is 8.05. The summed E-state index contributed by atoms with van der Waals surface area (Å²) in [7, 11) is 0. The fourth-order valence-corrected chi connectivity index (χ4v) is 4.02. The number of carbonyl (C=O) groups is 1. The quantitative estimate of drug-likeness (QED) is 0.506. The van der Waals surface area contributed by atoms with Crippen molar-refractivity contribution >= 4 is 39.3 Å². The fourth-order valence-electron chi connectivity index (χ4n) is 2.83. The van der Waals surface area contributed by atoms with Crippen LogP contribution in [0.5, 0.6) is 0 Å². The van der Waals surface area contributed by atoms with Crippen molar-refractivity contribution < 1.29 is 9.18 Å². The van der Waals surface area contributed by atoms with Crippen LogP contribution in [0.1, 0.15) is 25.8 Å². The van der Waals surface area contributed by atoms with Gasteiger partial charge in [0.15, 0.2) is 11.0 Å². The first kappa shape index (κ1) is 19.1. The molecule has 0 radical (unpaired) electrons. The van der Waals surface area contributed by atoms with Gasteiger partial charge in [-0.1, -0.05) is 39.8 Å². The van der Waals surface area contributed by atoms with E-state index in [1.807, 2.05) is 35.8 Å². The van der Waals surface area contributed by atoms with Gasteiger partial charge in [0.25, 0.3) is 0 Å². The summed E-state index contributed by atoms with van der Waals surface area (Å²) in [4.78, 5) is 12.6. The number of amides is 1. The zero-order valence-electron chi connectivity index (χ0n) is 15.1. The first-order chi connectivity index (χ1) is 13.5. The van der Waals surface area contributed by atoms with Crippen LogP contribution in [-0.2, 0) is 4.79 Å². The Morgan fingerprint density at radius 1 is 1.21 bits per heavy atom. The Balaban J connectivity index is 1.54. The zero-order chi connectivity index (χ0) is 19.7. The lowest BCUT2D eigenvalue weighted by Crippen LogP contribution is -2.22. The van der Waals surface area contributed by atoms with Gasteiger partial charge < -0.3 is 5.32 Å². The Morgan fingerprint density at radius 3 is 2.61 bits per heavy atom. The molecular formula is C20H18BrFN4OS. The molecule has 0 saturated heterocycles. The average Bonchev–Trinajstić information content (AvgIpc) is 3.44. The van der Waals surface area contributed by atoms with Crippen molar-refractivity contribution in [1.82, 2.24) is 14.8 Å². The number of thioether (sulfide) groups is 1. The summed E-state index contributed by atoms with van der Waals surface area (Å²) >= 11 is 4.71. The number of benzene rings is 2. The normalized spacial score (nSPS) is 14.7. The monoisotopic (exact) mass is 460 g/mol. The molecule has 1 heterocycles. The molecule has 1 N–H and O–H groups in total. The Morgan fingerprint density at radius 2 is 1.93 bits per heavy atom. The van der Waals surface area contributed by atoms with Gasteiger partial charge in [0.1, 0.15) is 5.82 Å². The van der Waals surface area contributed by atoms with Crippen molar-refractivity contribution in [1.29, 1.82) is 0 Å². The SMILES string of the molecule is C[C@H](Sc1nnc(-c2ccccc2F)n1C1CC1)C(=O)Nc1ccc(Br)cc1. The van der Waals surface area contributed by atoms with E-state index < -0.39 is 0 Å². The summed E-state index contributed by atoms with van der Waals surface area (Å²) in [5, 5.41) is 11.7. The predicted molar refractivity (Wildman–Crippen MR) is 112 cm³/mol. The maximum Gasteiger partial charge on any atom is 0.237 e. The second-order valence-electron chi connectivity index (χ2n) is 6.64. The minimum atomic E-state index is -0.376. The van der Waals surface area contributed by atoms with Crippen LogP contribution in [0, 0.1) is 5.82 Å². The van der Waals surface area contributed by atoms with E-state index in [-0.39, 0.29) is 23.0 Å². The molecule has 1 aliphatic rings. The van der Waals surface area contributed by atoms with E-state index in [0.29, 0.717) is 16.5 Å². The van der Waals surface area contributed by atoms with Crippen molar-refractivity contribution in [2.24, 2.45) is 0 Å². The van der Waals surface area contributed by atoms with Gasteiger partial charge in [-0.3, -0.25) is 9.36 Å². The van der Waals surface area contributed by atoms with E-state index in [2.05, 4.69) is 31.4 Å². The van der Waals surface area contributed by atoms with Crippen LogP contribution in [0.3, 0.4) is 0 Å². The molecule has 3 aromatic rings. The van der Waals surface area contributed by atoms with Gasteiger partial charge in [-0.15, -0.1) is 10.2 Å². The van der Waals surface area contributed by atoms with Gasteiger partial charge in [0, 0.05) is 16.2 Å². The summed E-state index contributed by atoms with van der Waals surface area (Å²) in [6.07, 6.45) is 2.01. The van der Waals surface area contributed by atoms with Crippen LogP contribution in [0.2, 0.25) is 0 Å². The van der Waals surface area contributed by atoms with Crippen LogP contribution < -0.4 is 5.32 Å². The molecule has 8 heteroatoms. The summed E-state index contributed by atoms with van der Waals surface area (Å²) in [6, 6.07) is 14.2. The summed E-state index contributed by atoms with van der Waals surface area (Å²) < 4.78 is 17.2. The van der Waals surface area contributed by atoms with Crippen molar-refractivity contribution in [2.75, 3.05) is 5.32 Å². The molecule has 28 heavy (non-hydrogen) atoms. The molecule has 1 aliphatic carbocycles. The third-order valence-electron chi connectivity index (χ3n) is 4.45. The Hall–Kier alpha value is -2.19. The maximum absolute atomic E-state index is 14.3. The standard InChI is InChI=1S/C20H18BrFN4OS/c1-12(19(27)23-14-8-6-13(21)7-9-14)28-20-25-24-18(26(20)15-10-11-15)16-4-2-3-5-17(16)22/h2-9,12,15H,10-11H2,1H3,(H,23,27)/t12-/m0/s1. The van der Waals surface area contributed by atoms with Gasteiger partial charge in [-0.25, -0.2) is 4.39 Å². The van der Waals surface area contributed by atoms with Gasteiger partial charge in [-0.2, -0.15) is 0 Å². The predicted octanol–water partition coefficient (Wildman–Crippen LogP) is 5.30. The number of nitrogens with zero attached hydrogens (tertiary/aromatic N) is 3. The van der Waals surface area contributed by atoms with Crippen LogP contribution in [0.15, 0.2) is 58.2 Å². The molecule has 0 spiro atoms. The Labute approximate surface area is 174 Å². The van der Waals surface area contributed by atoms with Crippen molar-refractivity contribution in [2.45, 2.75) is 36.2 Å². The lowest BCUT2D eigenvalue weighted by molar-refractivity contribution is -0.115. The minimum absolute atomic E-state index is 0.120. The Bertz CT molecular complexity index is 1000. The lowest BCUT2D eigenvalue weighted by atomic mass is 10.2. The number of nitrogens with one attached hydrogen (secondary N) is 1. The van der Waals surface area contributed by atoms with E-state index in [4.69, 9.17) is 0 Å². The third-order valence-corrected chi connectivity index (χ3v) is 6.04. The second-order valence-corrected chi connectivity index (χ2v) is 8.87. The molecule has 1 amide bonds. The minimum Gasteiger partial charge on any atom is -0.325 e. The van der Waals surface area contributed by atoms with Crippen molar-refractivity contribution in [3.63, 3.8) is 0 Å². The first-order valence-corrected chi connectivity index (χ1v) is 10.6. The molecule has 4 rings (SSSR count). The van der Waals surface area contributed by atoms with Crippen LogP contribution >= 0.6 is 27.7 Å². The molecule has 0 unspecified atom stereocenters. The van der Waals surface area contributed by atoms with Crippen molar-refractivity contribution in [3.05, 3.63) is 58.8 Å². The van der Waals surface area contributed by atoms with E-state index >= 15 is 0 Å². The van der Waals surface area contributed by atoms with E-state index in [0.717, 1.165) is 23.0 Å². The highest BCUT2D eigenvalue weighted by Gasteiger charge is 2.32. The van der Waals surface area contributed by atoms with Crippen molar-refractivity contribution in [3.8, 4) is 11.4 Å². The fraction of sp³-hybridized carbons (Fsp3) is 0.250. The molecular weight excluding hydrogens is 443 g/mol. The van der Waals surface area contributed by atoms with E-state index in [9.17, 15) is 9.18 Å². The van der Waals surface area contributed by atoms with Gasteiger partial charge in [0.05, 0.1) is 10.8 Å². The van der Waals surface area contributed by atoms with Gasteiger partial charge in [0.2, 0.25) is 5.91 Å². The Kier molecular flexibility index (Phi) is 5.50. The highest BCUT2D eigenvalue weighted by Crippen LogP contribution is 2.42. The van der Waals surface area contributed by atoms with Crippen LogP contribution in [-0.4, -0.2) is 25.9 Å². The number of rotatable bonds is 6. The molecule has 0 bridgehead atoms. The number of carbonyl (C=O) groups excluding carboxylic acids is 1. The lowest BCUT2D eigenvalue weighted by Gasteiger charge is -2.13. The van der Waals surface area contributed by atoms with Gasteiger partial charge >= 0.3 is 0 Å². The third kappa shape index (κ3) is 4.12. The number of aromatic nitrogens is 3. The topological polar surface area (TPSA) is 59.8 Å². The smallest absolute Gasteiger partial charge is 0.237 e. The summed E-state index contributed by atoms with van der Waals surface area (Å²) in [5.41, 5.74) is 1.16. The molecule has 144 valence electrons. The number of hydrogen-bond acceptors (Lipinski definition) is 4. The van der Waals surface area contributed by atoms with Gasteiger partial charge in [-0.05, 0) is 56.2 Å². The first-order valence-electron chi connectivity index (χ1n) is 8.96. The zero-order valence-corrected chi connectivity index (χ0v) is 17.5. The molecule has 2 aromatic carbocycles. The highest BCUT2D eigenvalue weighted by molar-refractivity contribution is 9.10. The van der Waals surface area contributed by atoms with E-state index in [1.165, 1.54) is 17.8 Å². The number of halogens is 2. The molecule has 1 atom stereocenters. The van der Waals surface area contributed by atoms with Crippen LogP contribution in [0.4, 0.5) is 10.1 Å². The molecule has 0 aliphatic heterocycles. The largest absolute Gasteiger partial charge is 0.325 e.